The summed E-state index contributed by atoms with van der Waals surface area (Å²) in [5.74, 6) is 0.905. The van der Waals surface area contributed by atoms with Crippen LogP contribution in [0.3, 0.4) is 0 Å². The average molecular weight is 417 g/mol. The van der Waals surface area contributed by atoms with Gasteiger partial charge in [-0.05, 0) is 36.4 Å². The van der Waals surface area contributed by atoms with Crippen LogP contribution in [0.2, 0.25) is 0 Å². The highest BCUT2D eigenvalue weighted by Crippen LogP contribution is 2.29. The first-order chi connectivity index (χ1) is 14.7. The second-order valence-electron chi connectivity index (χ2n) is 6.57. The number of benzene rings is 1. The molecule has 5 rings (SSSR count). The number of nitrogens with zero attached hydrogens (tertiary/aromatic N) is 5. The van der Waals surface area contributed by atoms with Crippen molar-refractivity contribution >= 4 is 23.6 Å². The van der Waals surface area contributed by atoms with E-state index in [1.807, 2.05) is 28.8 Å². The van der Waals surface area contributed by atoms with Crippen LogP contribution in [0.1, 0.15) is 26.5 Å². The largest absolute Gasteiger partial charge is 0.467 e. The van der Waals surface area contributed by atoms with Gasteiger partial charge in [0.05, 0.1) is 29.8 Å². The van der Waals surface area contributed by atoms with Crippen LogP contribution in [0, 0.1) is 0 Å². The Labute approximate surface area is 175 Å². The van der Waals surface area contributed by atoms with Crippen molar-refractivity contribution in [2.45, 2.75) is 11.7 Å². The molecule has 0 bridgehead atoms. The number of imide groups is 1. The molecule has 0 aliphatic carbocycles. The lowest BCUT2D eigenvalue weighted by Gasteiger charge is -2.14. The van der Waals surface area contributed by atoms with Gasteiger partial charge in [0.25, 0.3) is 11.8 Å². The second kappa shape index (κ2) is 7.60. The third kappa shape index (κ3) is 3.18. The summed E-state index contributed by atoms with van der Waals surface area (Å²) < 4.78 is 7.37. The lowest BCUT2D eigenvalue weighted by atomic mass is 10.1. The molecule has 4 heterocycles. The van der Waals surface area contributed by atoms with E-state index in [2.05, 4.69) is 15.2 Å². The molecule has 4 aromatic rings. The van der Waals surface area contributed by atoms with Gasteiger partial charge in [-0.3, -0.25) is 24.0 Å². The van der Waals surface area contributed by atoms with Gasteiger partial charge in [0.15, 0.2) is 11.0 Å². The summed E-state index contributed by atoms with van der Waals surface area (Å²) in [6.45, 7) is 0.411. The fourth-order valence-corrected chi connectivity index (χ4v) is 4.17. The van der Waals surface area contributed by atoms with Gasteiger partial charge in [-0.25, -0.2) is 0 Å². The zero-order valence-electron chi connectivity index (χ0n) is 15.6. The smallest absolute Gasteiger partial charge is 0.262 e. The van der Waals surface area contributed by atoms with Crippen molar-refractivity contribution in [3.8, 4) is 11.4 Å². The molecule has 0 atom stereocenters. The van der Waals surface area contributed by atoms with Gasteiger partial charge in [-0.1, -0.05) is 23.9 Å². The average Bonchev–Trinajstić information content (AvgIpc) is 3.49. The molecule has 0 unspecified atom stereocenters. The van der Waals surface area contributed by atoms with Crippen LogP contribution in [0.4, 0.5) is 0 Å². The normalized spacial score (nSPS) is 13.1. The molecule has 1 aliphatic heterocycles. The molecule has 1 aromatic carbocycles. The lowest BCUT2D eigenvalue weighted by molar-refractivity contribution is 0.0684. The first kappa shape index (κ1) is 18.3. The second-order valence-corrected chi connectivity index (χ2v) is 7.48. The fourth-order valence-electron chi connectivity index (χ4n) is 3.28. The van der Waals surface area contributed by atoms with Crippen molar-refractivity contribution < 1.29 is 14.0 Å². The highest BCUT2D eigenvalue weighted by molar-refractivity contribution is 7.99. The molecule has 9 heteroatoms. The number of carbonyl (C=O) groups is 2. The van der Waals surface area contributed by atoms with Crippen molar-refractivity contribution in [1.29, 1.82) is 0 Å². The molecular formula is C21H15N5O3S. The number of pyridine rings is 1. The van der Waals surface area contributed by atoms with Gasteiger partial charge < -0.3 is 4.42 Å². The number of amides is 2. The standard InChI is InChI=1S/C21H15N5O3S/c27-19-16-7-1-2-8-17(16)20(28)26(19)13-30-21-24-23-18(14-5-3-9-22-11-14)25(21)12-15-6-4-10-29-15/h1-11H,12-13H2. The molecular weight excluding hydrogens is 402 g/mol. The summed E-state index contributed by atoms with van der Waals surface area (Å²) in [5.41, 5.74) is 1.66. The summed E-state index contributed by atoms with van der Waals surface area (Å²) in [7, 11) is 0. The van der Waals surface area contributed by atoms with Crippen molar-refractivity contribution in [2.24, 2.45) is 0 Å². The Bertz CT molecular complexity index is 1190. The van der Waals surface area contributed by atoms with E-state index in [9.17, 15) is 9.59 Å². The molecule has 30 heavy (non-hydrogen) atoms. The number of thioether (sulfide) groups is 1. The Morgan fingerprint density at radius 3 is 2.40 bits per heavy atom. The zero-order chi connectivity index (χ0) is 20.5. The molecule has 1 aliphatic rings. The molecule has 8 nitrogen and oxygen atoms in total. The molecule has 148 valence electrons. The van der Waals surface area contributed by atoms with Crippen LogP contribution in [0.25, 0.3) is 11.4 Å². The first-order valence-corrected chi connectivity index (χ1v) is 10.1. The van der Waals surface area contributed by atoms with Crippen LogP contribution < -0.4 is 0 Å². The zero-order valence-corrected chi connectivity index (χ0v) is 16.5. The molecule has 3 aromatic heterocycles. The highest BCUT2D eigenvalue weighted by atomic mass is 32.2. The van der Waals surface area contributed by atoms with E-state index in [0.29, 0.717) is 28.7 Å². The van der Waals surface area contributed by atoms with E-state index in [-0.39, 0.29) is 17.7 Å². The van der Waals surface area contributed by atoms with Gasteiger partial charge in [-0.15, -0.1) is 10.2 Å². The van der Waals surface area contributed by atoms with E-state index in [1.54, 1.807) is 42.9 Å². The quantitative estimate of drug-likeness (QED) is 0.351. The minimum absolute atomic E-state index is 0.135. The number of carbonyl (C=O) groups excluding carboxylic acids is 2. The number of fused-ring (bicyclic) bond motifs is 1. The first-order valence-electron chi connectivity index (χ1n) is 9.16. The third-order valence-electron chi connectivity index (χ3n) is 4.73. The SMILES string of the molecule is O=C1c2ccccc2C(=O)N1CSc1nnc(-c2cccnc2)n1Cc1ccco1. The fraction of sp³-hybridized carbons (Fsp3) is 0.0952. The van der Waals surface area contributed by atoms with E-state index < -0.39 is 0 Å². The summed E-state index contributed by atoms with van der Waals surface area (Å²) in [4.78, 5) is 30.6. The van der Waals surface area contributed by atoms with Crippen molar-refractivity contribution in [3.05, 3.63) is 84.1 Å². The predicted octanol–water partition coefficient (Wildman–Crippen LogP) is 3.33. The number of aromatic nitrogens is 4. The van der Waals surface area contributed by atoms with Crippen molar-refractivity contribution in [3.63, 3.8) is 0 Å². The Morgan fingerprint density at radius 1 is 0.933 bits per heavy atom. The minimum Gasteiger partial charge on any atom is -0.467 e. The molecule has 0 radical (unpaired) electrons. The Morgan fingerprint density at radius 2 is 1.73 bits per heavy atom. The summed E-state index contributed by atoms with van der Waals surface area (Å²) in [6, 6.07) is 14.2. The van der Waals surface area contributed by atoms with Gasteiger partial charge >= 0.3 is 0 Å². The maximum Gasteiger partial charge on any atom is 0.262 e. The Hall–Kier alpha value is -3.72. The molecule has 0 saturated heterocycles. The predicted molar refractivity (Wildman–Crippen MR) is 109 cm³/mol. The monoisotopic (exact) mass is 417 g/mol. The summed E-state index contributed by atoms with van der Waals surface area (Å²) in [5, 5.41) is 9.17. The van der Waals surface area contributed by atoms with Crippen LogP contribution in [-0.2, 0) is 6.54 Å². The molecule has 2 amide bonds. The summed E-state index contributed by atoms with van der Waals surface area (Å²) in [6.07, 6.45) is 5.00. The lowest BCUT2D eigenvalue weighted by Crippen LogP contribution is -2.29. The van der Waals surface area contributed by atoms with Gasteiger partial charge in [0.2, 0.25) is 0 Å². The number of hydrogen-bond acceptors (Lipinski definition) is 7. The third-order valence-corrected chi connectivity index (χ3v) is 5.68. The molecule has 0 saturated carbocycles. The van der Waals surface area contributed by atoms with E-state index in [4.69, 9.17) is 4.42 Å². The molecule has 0 N–H and O–H groups in total. The van der Waals surface area contributed by atoms with Crippen LogP contribution in [0.15, 0.2) is 76.8 Å². The molecule has 0 spiro atoms. The van der Waals surface area contributed by atoms with Gasteiger partial charge in [0.1, 0.15) is 5.76 Å². The number of rotatable bonds is 6. The minimum atomic E-state index is -0.298. The number of hydrogen-bond donors (Lipinski definition) is 0. The van der Waals surface area contributed by atoms with Gasteiger partial charge in [0, 0.05) is 18.0 Å². The van der Waals surface area contributed by atoms with Crippen molar-refractivity contribution in [2.75, 3.05) is 5.88 Å². The van der Waals surface area contributed by atoms with Crippen LogP contribution in [0.5, 0.6) is 0 Å². The van der Waals surface area contributed by atoms with E-state index >= 15 is 0 Å². The maximum atomic E-state index is 12.6. The van der Waals surface area contributed by atoms with E-state index in [0.717, 1.165) is 11.3 Å². The molecule has 0 fully saturated rings. The van der Waals surface area contributed by atoms with Crippen LogP contribution >= 0.6 is 11.8 Å². The van der Waals surface area contributed by atoms with Gasteiger partial charge in [-0.2, -0.15) is 0 Å². The maximum absolute atomic E-state index is 12.6. The van der Waals surface area contributed by atoms with Crippen LogP contribution in [-0.4, -0.2) is 42.3 Å². The number of furan rings is 1. The van der Waals surface area contributed by atoms with Crippen molar-refractivity contribution in [1.82, 2.24) is 24.6 Å². The Balaban J connectivity index is 1.43. The topological polar surface area (TPSA) is 94.1 Å². The highest BCUT2D eigenvalue weighted by Gasteiger charge is 2.35. The Kier molecular flexibility index (Phi) is 4.64. The van der Waals surface area contributed by atoms with E-state index in [1.165, 1.54) is 16.7 Å². The summed E-state index contributed by atoms with van der Waals surface area (Å²) >= 11 is 1.27.